The molecule has 1 aromatic heterocycles. The van der Waals surface area contributed by atoms with Crippen molar-refractivity contribution in [2.75, 3.05) is 12.4 Å². The Labute approximate surface area is 82.3 Å². The molecule has 3 nitrogen and oxygen atoms in total. The van der Waals surface area contributed by atoms with Crippen molar-refractivity contribution in [3.63, 3.8) is 0 Å². The molecule has 0 aliphatic heterocycles. The van der Waals surface area contributed by atoms with Gasteiger partial charge in [-0.15, -0.1) is 0 Å². The molecule has 76 valence electrons. The maximum Gasteiger partial charge on any atom is 0.141 e. The van der Waals surface area contributed by atoms with E-state index in [1.54, 1.807) is 13.2 Å². The van der Waals surface area contributed by atoms with Crippen LogP contribution in [0.1, 0.15) is 12.8 Å². The lowest BCUT2D eigenvalue weighted by atomic mass is 9.89. The molecule has 14 heavy (non-hydrogen) atoms. The number of hydrogen-bond acceptors (Lipinski definition) is 3. The van der Waals surface area contributed by atoms with Crippen LogP contribution in [0.3, 0.4) is 0 Å². The van der Waals surface area contributed by atoms with Crippen molar-refractivity contribution in [1.29, 1.82) is 0 Å². The van der Waals surface area contributed by atoms with Crippen molar-refractivity contribution < 1.29 is 9.13 Å². The first-order valence-corrected chi connectivity index (χ1v) is 4.69. The summed E-state index contributed by atoms with van der Waals surface area (Å²) in [6, 6.07) is 3.47. The van der Waals surface area contributed by atoms with Crippen molar-refractivity contribution in [3.05, 3.63) is 24.1 Å². The van der Waals surface area contributed by atoms with Gasteiger partial charge in [-0.1, -0.05) is 0 Å². The maximum atomic E-state index is 12.5. The van der Waals surface area contributed by atoms with Crippen LogP contribution >= 0.6 is 0 Å². The van der Waals surface area contributed by atoms with E-state index >= 15 is 0 Å². The molecule has 0 unspecified atom stereocenters. The fraction of sp³-hybridized carbons (Fsp3) is 0.500. The standard InChI is InChI=1S/C10H13FN2O/c1-14-9-4-8(5-9)13-10-3-2-7(11)6-12-10/h2-3,6,8-9H,4-5H2,1H3,(H,12,13). The molecule has 0 aromatic carbocycles. The second-order valence-electron chi connectivity index (χ2n) is 3.53. The first-order chi connectivity index (χ1) is 6.78. The van der Waals surface area contributed by atoms with Crippen LogP contribution in [0.15, 0.2) is 18.3 Å². The molecule has 1 aliphatic rings. The summed E-state index contributed by atoms with van der Waals surface area (Å²) in [5, 5.41) is 3.21. The molecule has 0 atom stereocenters. The Hall–Kier alpha value is -1.16. The van der Waals surface area contributed by atoms with Gasteiger partial charge in [-0.3, -0.25) is 0 Å². The summed E-state index contributed by atoms with van der Waals surface area (Å²) < 4.78 is 17.7. The Morgan fingerprint density at radius 1 is 1.50 bits per heavy atom. The third-order valence-electron chi connectivity index (χ3n) is 2.51. The quantitative estimate of drug-likeness (QED) is 0.800. The van der Waals surface area contributed by atoms with Crippen LogP contribution in [-0.2, 0) is 4.74 Å². The number of hydrogen-bond donors (Lipinski definition) is 1. The molecule has 0 bridgehead atoms. The molecule has 1 saturated carbocycles. The first-order valence-electron chi connectivity index (χ1n) is 4.69. The number of nitrogens with zero attached hydrogens (tertiary/aromatic N) is 1. The van der Waals surface area contributed by atoms with E-state index in [4.69, 9.17) is 4.74 Å². The summed E-state index contributed by atoms with van der Waals surface area (Å²) in [5.74, 6) is 0.421. The zero-order valence-corrected chi connectivity index (χ0v) is 8.03. The van der Waals surface area contributed by atoms with Gasteiger partial charge in [-0.25, -0.2) is 9.37 Å². The minimum Gasteiger partial charge on any atom is -0.381 e. The SMILES string of the molecule is COC1CC(Nc2ccc(F)cn2)C1. The molecule has 1 aliphatic carbocycles. The van der Waals surface area contributed by atoms with Gasteiger partial charge >= 0.3 is 0 Å². The number of pyridine rings is 1. The van der Waals surface area contributed by atoms with Gasteiger partial charge in [0.1, 0.15) is 11.6 Å². The molecular formula is C10H13FN2O. The molecule has 0 saturated heterocycles. The van der Waals surface area contributed by atoms with Gasteiger partial charge in [0, 0.05) is 13.2 Å². The molecule has 1 aromatic rings. The molecule has 1 fully saturated rings. The zero-order valence-electron chi connectivity index (χ0n) is 8.03. The average molecular weight is 196 g/mol. The monoisotopic (exact) mass is 196 g/mol. The lowest BCUT2D eigenvalue weighted by Gasteiger charge is -2.34. The smallest absolute Gasteiger partial charge is 0.141 e. The lowest BCUT2D eigenvalue weighted by Crippen LogP contribution is -2.40. The van der Waals surface area contributed by atoms with Gasteiger partial charge in [-0.05, 0) is 25.0 Å². The molecule has 1 N–H and O–H groups in total. The summed E-state index contributed by atoms with van der Waals surface area (Å²) in [5.41, 5.74) is 0. The highest BCUT2D eigenvalue weighted by Crippen LogP contribution is 2.25. The van der Waals surface area contributed by atoms with E-state index in [1.807, 2.05) is 0 Å². The fourth-order valence-corrected chi connectivity index (χ4v) is 1.55. The number of aromatic nitrogens is 1. The molecule has 0 spiro atoms. The highest BCUT2D eigenvalue weighted by molar-refractivity contribution is 5.35. The van der Waals surface area contributed by atoms with Crippen molar-refractivity contribution in [2.24, 2.45) is 0 Å². The van der Waals surface area contributed by atoms with Crippen LogP contribution in [0, 0.1) is 5.82 Å². The van der Waals surface area contributed by atoms with Gasteiger partial charge in [0.15, 0.2) is 0 Å². The van der Waals surface area contributed by atoms with Gasteiger partial charge in [0.2, 0.25) is 0 Å². The topological polar surface area (TPSA) is 34.1 Å². The third kappa shape index (κ3) is 2.01. The van der Waals surface area contributed by atoms with Crippen LogP contribution in [0.4, 0.5) is 10.2 Å². The Balaban J connectivity index is 1.84. The Morgan fingerprint density at radius 2 is 2.29 bits per heavy atom. The van der Waals surface area contributed by atoms with Gasteiger partial charge in [0.05, 0.1) is 12.3 Å². The largest absolute Gasteiger partial charge is 0.381 e. The Kier molecular flexibility index (Phi) is 2.63. The highest BCUT2D eigenvalue weighted by atomic mass is 19.1. The third-order valence-corrected chi connectivity index (χ3v) is 2.51. The lowest BCUT2D eigenvalue weighted by molar-refractivity contribution is 0.0328. The van der Waals surface area contributed by atoms with E-state index in [2.05, 4.69) is 10.3 Å². The number of halogens is 1. The van der Waals surface area contributed by atoms with Crippen LogP contribution in [0.2, 0.25) is 0 Å². The second kappa shape index (κ2) is 3.92. The molecular weight excluding hydrogens is 183 g/mol. The predicted molar refractivity (Wildman–Crippen MR) is 51.6 cm³/mol. The summed E-state index contributed by atoms with van der Waals surface area (Å²) in [6.45, 7) is 0. The molecule has 1 heterocycles. The summed E-state index contributed by atoms with van der Waals surface area (Å²) in [7, 11) is 1.72. The van der Waals surface area contributed by atoms with Crippen LogP contribution in [0.5, 0.6) is 0 Å². The normalized spacial score (nSPS) is 25.6. The highest BCUT2D eigenvalue weighted by Gasteiger charge is 2.28. The van der Waals surface area contributed by atoms with Gasteiger partial charge in [-0.2, -0.15) is 0 Å². The number of nitrogens with one attached hydrogen (secondary N) is 1. The number of methoxy groups -OCH3 is 1. The first kappa shape index (κ1) is 9.40. The van der Waals surface area contributed by atoms with Crippen LogP contribution in [0.25, 0.3) is 0 Å². The Morgan fingerprint density at radius 3 is 2.86 bits per heavy atom. The zero-order chi connectivity index (χ0) is 9.97. The van der Waals surface area contributed by atoms with Crippen LogP contribution < -0.4 is 5.32 Å². The van der Waals surface area contributed by atoms with E-state index in [0.717, 1.165) is 18.7 Å². The van der Waals surface area contributed by atoms with E-state index in [9.17, 15) is 4.39 Å². The molecule has 2 rings (SSSR count). The summed E-state index contributed by atoms with van der Waals surface area (Å²) >= 11 is 0. The second-order valence-corrected chi connectivity index (χ2v) is 3.53. The van der Waals surface area contributed by atoms with E-state index in [1.165, 1.54) is 12.3 Å². The van der Waals surface area contributed by atoms with Gasteiger partial charge in [0.25, 0.3) is 0 Å². The minimum absolute atomic E-state index is 0.307. The molecule has 0 radical (unpaired) electrons. The summed E-state index contributed by atoms with van der Waals surface area (Å²) in [4.78, 5) is 3.92. The van der Waals surface area contributed by atoms with Crippen LogP contribution in [-0.4, -0.2) is 24.2 Å². The van der Waals surface area contributed by atoms with E-state index < -0.39 is 0 Å². The van der Waals surface area contributed by atoms with Gasteiger partial charge < -0.3 is 10.1 Å². The molecule has 4 heteroatoms. The maximum absolute atomic E-state index is 12.5. The van der Waals surface area contributed by atoms with Crippen molar-refractivity contribution in [1.82, 2.24) is 4.98 Å². The minimum atomic E-state index is -0.307. The molecule has 0 amide bonds. The van der Waals surface area contributed by atoms with Crippen molar-refractivity contribution in [2.45, 2.75) is 25.0 Å². The Bertz CT molecular complexity index is 295. The van der Waals surface area contributed by atoms with E-state index in [-0.39, 0.29) is 5.82 Å². The van der Waals surface area contributed by atoms with E-state index in [0.29, 0.717) is 12.1 Å². The summed E-state index contributed by atoms with van der Waals surface area (Å²) in [6.07, 6.45) is 3.58. The number of rotatable bonds is 3. The number of anilines is 1. The number of ether oxygens (including phenoxy) is 1. The predicted octanol–water partition coefficient (Wildman–Crippen LogP) is 1.81. The average Bonchev–Trinajstić information content (AvgIpc) is 2.13. The fourth-order valence-electron chi connectivity index (χ4n) is 1.55. The van der Waals surface area contributed by atoms with Crippen molar-refractivity contribution >= 4 is 5.82 Å². The van der Waals surface area contributed by atoms with Crippen molar-refractivity contribution in [3.8, 4) is 0 Å².